The molecular formula is C16H13N3O. The number of rotatable bonds is 3. The van der Waals surface area contributed by atoms with Crippen LogP contribution < -0.4 is 5.73 Å². The van der Waals surface area contributed by atoms with Crippen molar-refractivity contribution < 1.29 is 4.79 Å². The van der Waals surface area contributed by atoms with Crippen LogP contribution in [0.2, 0.25) is 0 Å². The highest BCUT2D eigenvalue weighted by atomic mass is 16.1. The number of para-hydroxylation sites is 1. The minimum absolute atomic E-state index is 0.0635. The van der Waals surface area contributed by atoms with Crippen LogP contribution in [0, 0.1) is 0 Å². The van der Waals surface area contributed by atoms with E-state index in [9.17, 15) is 4.79 Å². The summed E-state index contributed by atoms with van der Waals surface area (Å²) in [4.78, 5) is 21.0. The summed E-state index contributed by atoms with van der Waals surface area (Å²) in [6, 6.07) is 12.8. The second-order valence-electron chi connectivity index (χ2n) is 4.45. The molecule has 0 amide bonds. The van der Waals surface area contributed by atoms with Crippen LogP contribution in [-0.4, -0.2) is 15.8 Å². The lowest BCUT2D eigenvalue weighted by Crippen LogP contribution is -2.06. The van der Waals surface area contributed by atoms with Gasteiger partial charge in [0.1, 0.15) is 0 Å². The van der Waals surface area contributed by atoms with Crippen LogP contribution in [0.4, 0.5) is 0 Å². The van der Waals surface area contributed by atoms with Gasteiger partial charge in [-0.05, 0) is 24.3 Å². The Morgan fingerprint density at radius 2 is 1.90 bits per heavy atom. The first-order valence-electron chi connectivity index (χ1n) is 6.33. The largest absolute Gasteiger partial charge is 0.325 e. The van der Waals surface area contributed by atoms with Gasteiger partial charge in [0.15, 0.2) is 5.78 Å². The lowest BCUT2D eigenvalue weighted by Gasteiger charge is -2.06. The number of hydrogen-bond acceptors (Lipinski definition) is 4. The average molecular weight is 263 g/mol. The molecule has 3 aromatic rings. The monoisotopic (exact) mass is 263 g/mol. The van der Waals surface area contributed by atoms with Gasteiger partial charge in [0, 0.05) is 35.5 Å². The third-order valence-electron chi connectivity index (χ3n) is 3.17. The summed E-state index contributed by atoms with van der Waals surface area (Å²) >= 11 is 0. The number of aromatic nitrogens is 2. The van der Waals surface area contributed by atoms with Crippen molar-refractivity contribution in [3.8, 4) is 0 Å². The van der Waals surface area contributed by atoms with E-state index in [0.29, 0.717) is 28.9 Å². The highest BCUT2D eigenvalue weighted by molar-refractivity contribution is 6.15. The van der Waals surface area contributed by atoms with Crippen molar-refractivity contribution in [3.63, 3.8) is 0 Å². The number of pyridine rings is 2. The number of carbonyl (C=O) groups is 1. The molecule has 0 saturated carbocycles. The average Bonchev–Trinajstić information content (AvgIpc) is 2.53. The van der Waals surface area contributed by atoms with E-state index in [-0.39, 0.29) is 5.78 Å². The van der Waals surface area contributed by atoms with Crippen molar-refractivity contribution in [1.82, 2.24) is 9.97 Å². The molecule has 0 saturated heterocycles. The van der Waals surface area contributed by atoms with Gasteiger partial charge >= 0.3 is 0 Å². The van der Waals surface area contributed by atoms with E-state index in [1.54, 1.807) is 30.6 Å². The molecule has 0 radical (unpaired) electrons. The van der Waals surface area contributed by atoms with Gasteiger partial charge < -0.3 is 5.73 Å². The quantitative estimate of drug-likeness (QED) is 0.736. The molecule has 2 aromatic heterocycles. The first-order chi connectivity index (χ1) is 9.79. The van der Waals surface area contributed by atoms with Crippen molar-refractivity contribution in [3.05, 3.63) is 71.7 Å². The van der Waals surface area contributed by atoms with Gasteiger partial charge in [-0.3, -0.25) is 14.8 Å². The number of hydrogen-bond donors (Lipinski definition) is 1. The Kier molecular flexibility index (Phi) is 3.23. The van der Waals surface area contributed by atoms with E-state index in [4.69, 9.17) is 5.73 Å². The molecule has 4 heteroatoms. The lowest BCUT2D eigenvalue weighted by molar-refractivity contribution is 0.104. The molecule has 20 heavy (non-hydrogen) atoms. The number of carbonyl (C=O) groups excluding carboxylic acids is 1. The Hall–Kier alpha value is -2.59. The highest BCUT2D eigenvalue weighted by Crippen LogP contribution is 2.19. The molecule has 0 aliphatic rings. The van der Waals surface area contributed by atoms with Gasteiger partial charge in [-0.25, -0.2) is 0 Å². The van der Waals surface area contributed by atoms with E-state index >= 15 is 0 Å². The first-order valence-corrected chi connectivity index (χ1v) is 6.33. The summed E-state index contributed by atoms with van der Waals surface area (Å²) in [5.74, 6) is -0.0635. The third-order valence-corrected chi connectivity index (χ3v) is 3.17. The molecule has 0 aliphatic heterocycles. The summed E-state index contributed by atoms with van der Waals surface area (Å²) < 4.78 is 0. The minimum Gasteiger partial charge on any atom is -0.325 e. The Morgan fingerprint density at radius 3 is 2.75 bits per heavy atom. The third kappa shape index (κ3) is 2.17. The van der Waals surface area contributed by atoms with Crippen LogP contribution in [0.5, 0.6) is 0 Å². The Labute approximate surface area is 116 Å². The number of nitrogens with zero attached hydrogens (tertiary/aromatic N) is 2. The Bertz CT molecular complexity index is 778. The second kappa shape index (κ2) is 5.19. The van der Waals surface area contributed by atoms with Crippen LogP contribution in [0.25, 0.3) is 10.9 Å². The number of nitrogens with two attached hydrogens (primary N) is 1. The van der Waals surface area contributed by atoms with Crippen LogP contribution in [0.15, 0.2) is 54.9 Å². The van der Waals surface area contributed by atoms with Crippen molar-refractivity contribution in [2.45, 2.75) is 6.54 Å². The summed E-state index contributed by atoms with van der Waals surface area (Å²) in [7, 11) is 0. The van der Waals surface area contributed by atoms with E-state index in [0.717, 1.165) is 5.39 Å². The van der Waals surface area contributed by atoms with Crippen LogP contribution in [-0.2, 0) is 6.54 Å². The van der Waals surface area contributed by atoms with E-state index < -0.39 is 0 Å². The molecule has 0 bridgehead atoms. The normalized spacial score (nSPS) is 10.7. The van der Waals surface area contributed by atoms with Crippen molar-refractivity contribution in [2.24, 2.45) is 5.73 Å². The predicted molar refractivity (Wildman–Crippen MR) is 77.3 cm³/mol. The molecule has 0 spiro atoms. The fourth-order valence-electron chi connectivity index (χ4n) is 2.17. The van der Waals surface area contributed by atoms with Gasteiger partial charge in [0.25, 0.3) is 0 Å². The molecule has 0 aliphatic carbocycles. The summed E-state index contributed by atoms with van der Waals surface area (Å²) in [5.41, 5.74) is 8.15. The Balaban J connectivity index is 2.12. The molecule has 4 nitrogen and oxygen atoms in total. The predicted octanol–water partition coefficient (Wildman–Crippen LogP) is 2.32. The van der Waals surface area contributed by atoms with E-state index in [2.05, 4.69) is 9.97 Å². The topological polar surface area (TPSA) is 68.9 Å². The maximum Gasteiger partial charge on any atom is 0.195 e. The van der Waals surface area contributed by atoms with Crippen LogP contribution in [0.1, 0.15) is 21.6 Å². The summed E-state index contributed by atoms with van der Waals surface area (Å²) in [6.45, 7) is 0.314. The van der Waals surface area contributed by atoms with Gasteiger partial charge in [-0.15, -0.1) is 0 Å². The fourth-order valence-corrected chi connectivity index (χ4v) is 2.17. The van der Waals surface area contributed by atoms with Crippen molar-refractivity contribution >= 4 is 16.7 Å². The van der Waals surface area contributed by atoms with Gasteiger partial charge in [0.2, 0.25) is 0 Å². The SMILES string of the molecule is NCc1cc(C(=O)c2cccc3cccnc23)ccn1. The van der Waals surface area contributed by atoms with Gasteiger partial charge in [-0.1, -0.05) is 18.2 Å². The first kappa shape index (κ1) is 12.4. The van der Waals surface area contributed by atoms with Gasteiger partial charge in [0.05, 0.1) is 11.2 Å². The summed E-state index contributed by atoms with van der Waals surface area (Å²) in [6.07, 6.45) is 3.30. The maximum atomic E-state index is 12.6. The molecule has 98 valence electrons. The van der Waals surface area contributed by atoms with Gasteiger partial charge in [-0.2, -0.15) is 0 Å². The molecule has 0 unspecified atom stereocenters. The molecule has 2 N–H and O–H groups in total. The lowest BCUT2D eigenvalue weighted by atomic mass is 10.0. The second-order valence-corrected chi connectivity index (χ2v) is 4.45. The maximum absolute atomic E-state index is 12.6. The van der Waals surface area contributed by atoms with E-state index in [1.807, 2.05) is 24.3 Å². The van der Waals surface area contributed by atoms with Crippen LogP contribution >= 0.6 is 0 Å². The molecule has 2 heterocycles. The van der Waals surface area contributed by atoms with Crippen molar-refractivity contribution in [1.29, 1.82) is 0 Å². The fraction of sp³-hybridized carbons (Fsp3) is 0.0625. The number of ketones is 1. The van der Waals surface area contributed by atoms with Crippen LogP contribution in [0.3, 0.4) is 0 Å². The zero-order valence-electron chi connectivity index (χ0n) is 10.8. The zero-order valence-corrected chi connectivity index (χ0v) is 10.8. The molecular weight excluding hydrogens is 250 g/mol. The summed E-state index contributed by atoms with van der Waals surface area (Å²) in [5, 5.41) is 0.950. The molecule has 3 rings (SSSR count). The minimum atomic E-state index is -0.0635. The Morgan fingerprint density at radius 1 is 1.05 bits per heavy atom. The zero-order chi connectivity index (χ0) is 13.9. The van der Waals surface area contributed by atoms with Crippen molar-refractivity contribution in [2.75, 3.05) is 0 Å². The number of fused-ring (bicyclic) bond motifs is 1. The highest BCUT2D eigenvalue weighted by Gasteiger charge is 2.13. The smallest absolute Gasteiger partial charge is 0.195 e. The van der Waals surface area contributed by atoms with E-state index in [1.165, 1.54) is 0 Å². The standard InChI is InChI=1S/C16H13N3O/c17-10-13-9-12(6-8-18-13)16(20)14-5-1-3-11-4-2-7-19-15(11)14/h1-9H,10,17H2. The molecule has 1 aromatic carbocycles. The molecule has 0 fully saturated rings. The number of benzene rings is 1. The molecule has 0 atom stereocenters.